The smallest absolute Gasteiger partial charge is 0.0547 e. The molecule has 3 rings (SSSR count). The summed E-state index contributed by atoms with van der Waals surface area (Å²) in [5.41, 5.74) is 9.16. The van der Waals surface area contributed by atoms with E-state index in [4.69, 9.17) is 5.53 Å². The second kappa shape index (κ2) is 2.91. The third-order valence-corrected chi connectivity index (χ3v) is 5.77. The van der Waals surface area contributed by atoms with Crippen molar-refractivity contribution >= 4 is 0 Å². The molecule has 3 aliphatic rings. The Hall–Kier alpha value is -0.690. The fourth-order valence-corrected chi connectivity index (χ4v) is 5.01. The van der Waals surface area contributed by atoms with Gasteiger partial charge in [0, 0.05) is 4.91 Å². The van der Waals surface area contributed by atoms with Gasteiger partial charge in [0.05, 0.1) is 5.54 Å². The molecule has 1 spiro atoms. The number of hydrogen-bond acceptors (Lipinski definition) is 1. The van der Waals surface area contributed by atoms with Crippen LogP contribution in [-0.4, -0.2) is 5.54 Å². The Morgan fingerprint density at radius 2 is 1.87 bits per heavy atom. The van der Waals surface area contributed by atoms with Gasteiger partial charge in [0.2, 0.25) is 0 Å². The zero-order valence-corrected chi connectivity index (χ0v) is 9.45. The maximum atomic E-state index is 8.82. The van der Waals surface area contributed by atoms with Gasteiger partial charge in [0.15, 0.2) is 0 Å². The van der Waals surface area contributed by atoms with E-state index in [0.29, 0.717) is 11.3 Å². The van der Waals surface area contributed by atoms with Gasteiger partial charge in [-0.3, -0.25) is 0 Å². The molecule has 0 amide bonds. The van der Waals surface area contributed by atoms with Gasteiger partial charge in [0.1, 0.15) is 0 Å². The Balaban J connectivity index is 2.07. The molecule has 0 heterocycles. The summed E-state index contributed by atoms with van der Waals surface area (Å²) in [5, 5.41) is 4.25. The Morgan fingerprint density at radius 3 is 2.53 bits per heavy atom. The molecule has 3 saturated carbocycles. The molecule has 0 aromatic heterocycles. The minimum absolute atomic E-state index is 0.0544. The normalized spacial score (nSPS) is 45.9. The fraction of sp³-hybridized carbons (Fsp3) is 1.00. The van der Waals surface area contributed by atoms with E-state index >= 15 is 0 Å². The number of rotatable bonds is 1. The lowest BCUT2D eigenvalue weighted by Crippen LogP contribution is -2.47. The molecule has 0 aromatic rings. The Morgan fingerprint density at radius 1 is 1.20 bits per heavy atom. The predicted octanol–water partition coefficient (Wildman–Crippen LogP) is 4.05. The van der Waals surface area contributed by atoms with E-state index in [9.17, 15) is 0 Å². The van der Waals surface area contributed by atoms with Gasteiger partial charge < -0.3 is 0 Å². The van der Waals surface area contributed by atoms with Crippen LogP contribution in [-0.2, 0) is 0 Å². The van der Waals surface area contributed by atoms with Crippen LogP contribution in [0.3, 0.4) is 0 Å². The summed E-state index contributed by atoms with van der Waals surface area (Å²) in [6.07, 6.45) is 9.32. The van der Waals surface area contributed by atoms with Gasteiger partial charge in [-0.1, -0.05) is 24.9 Å². The lowest BCUT2D eigenvalue weighted by Gasteiger charge is -2.47. The van der Waals surface area contributed by atoms with Crippen LogP contribution >= 0.6 is 0 Å². The second-order valence-corrected chi connectivity index (χ2v) is 5.91. The molecular weight excluding hydrogens is 186 g/mol. The highest BCUT2D eigenvalue weighted by Crippen LogP contribution is 2.69. The molecule has 0 aliphatic heterocycles. The first-order valence-electron chi connectivity index (χ1n) is 6.29. The highest BCUT2D eigenvalue weighted by atomic mass is 15.2. The van der Waals surface area contributed by atoms with E-state index in [1.807, 2.05) is 0 Å². The van der Waals surface area contributed by atoms with Gasteiger partial charge in [-0.25, -0.2) is 0 Å². The van der Waals surface area contributed by atoms with Crippen molar-refractivity contribution in [3.8, 4) is 0 Å². The van der Waals surface area contributed by atoms with Crippen molar-refractivity contribution in [3.05, 3.63) is 10.4 Å². The summed E-state index contributed by atoms with van der Waals surface area (Å²) < 4.78 is 0. The molecule has 82 valence electrons. The zero-order chi connectivity index (χ0) is 10.5. The Kier molecular flexibility index (Phi) is 1.85. The van der Waals surface area contributed by atoms with Crippen LogP contribution in [0, 0.1) is 17.3 Å². The molecule has 3 fully saturated rings. The largest absolute Gasteiger partial charge is 0.0867 e. The van der Waals surface area contributed by atoms with Crippen molar-refractivity contribution in [1.82, 2.24) is 0 Å². The van der Waals surface area contributed by atoms with E-state index in [0.717, 1.165) is 5.92 Å². The number of nitrogens with zero attached hydrogens (tertiary/aromatic N) is 3. The first kappa shape index (κ1) is 9.53. The first-order valence-corrected chi connectivity index (χ1v) is 6.29. The molecule has 3 nitrogen and oxygen atoms in total. The van der Waals surface area contributed by atoms with Gasteiger partial charge >= 0.3 is 0 Å². The standard InChI is InChI=1S/C12H19N3/c1-11(14-15-13)9-4-5-10(8-9)12(11)6-2-3-7-12/h9-10H,2-8H2,1H3. The molecule has 0 N–H and O–H groups in total. The SMILES string of the molecule is CC1(N=[N+]=[N-])C2CCC(C2)C12CCCC2. The maximum absolute atomic E-state index is 8.82. The topological polar surface area (TPSA) is 48.8 Å². The highest BCUT2D eigenvalue weighted by molar-refractivity contribution is 5.18. The quantitative estimate of drug-likeness (QED) is 0.352. The molecule has 3 heteroatoms. The van der Waals surface area contributed by atoms with Gasteiger partial charge in [-0.05, 0) is 54.9 Å². The lowest BCUT2D eigenvalue weighted by atomic mass is 9.61. The van der Waals surface area contributed by atoms with E-state index in [1.165, 1.54) is 44.9 Å². The summed E-state index contributed by atoms with van der Waals surface area (Å²) in [5.74, 6) is 1.54. The van der Waals surface area contributed by atoms with Crippen LogP contribution in [0.25, 0.3) is 10.4 Å². The van der Waals surface area contributed by atoms with Crippen molar-refractivity contribution in [2.75, 3.05) is 0 Å². The number of hydrogen-bond donors (Lipinski definition) is 0. The third kappa shape index (κ3) is 0.951. The molecule has 2 bridgehead atoms. The summed E-state index contributed by atoms with van der Waals surface area (Å²) in [6.45, 7) is 2.24. The summed E-state index contributed by atoms with van der Waals surface area (Å²) in [6, 6.07) is 0. The number of azide groups is 1. The molecular formula is C12H19N3. The minimum Gasteiger partial charge on any atom is -0.0867 e. The van der Waals surface area contributed by atoms with Crippen molar-refractivity contribution in [1.29, 1.82) is 0 Å². The number of fused-ring (bicyclic) bond motifs is 3. The zero-order valence-electron chi connectivity index (χ0n) is 9.45. The van der Waals surface area contributed by atoms with Crippen molar-refractivity contribution in [2.24, 2.45) is 22.4 Å². The summed E-state index contributed by atoms with van der Waals surface area (Å²) >= 11 is 0. The molecule has 0 aromatic carbocycles. The summed E-state index contributed by atoms with van der Waals surface area (Å²) in [7, 11) is 0. The van der Waals surface area contributed by atoms with Crippen LogP contribution in [0.15, 0.2) is 5.11 Å². The van der Waals surface area contributed by atoms with Crippen LogP contribution in [0.4, 0.5) is 0 Å². The first-order chi connectivity index (χ1) is 7.23. The van der Waals surface area contributed by atoms with Crippen LogP contribution in [0.2, 0.25) is 0 Å². The van der Waals surface area contributed by atoms with E-state index in [-0.39, 0.29) is 5.54 Å². The van der Waals surface area contributed by atoms with Crippen LogP contribution < -0.4 is 0 Å². The third-order valence-electron chi connectivity index (χ3n) is 5.77. The van der Waals surface area contributed by atoms with Crippen molar-refractivity contribution < 1.29 is 0 Å². The van der Waals surface area contributed by atoms with Gasteiger partial charge in [-0.15, -0.1) is 0 Å². The molecule has 0 radical (unpaired) electrons. The highest BCUT2D eigenvalue weighted by Gasteiger charge is 2.64. The summed E-state index contributed by atoms with van der Waals surface area (Å²) in [4.78, 5) is 3.15. The second-order valence-electron chi connectivity index (χ2n) is 5.91. The molecule has 15 heavy (non-hydrogen) atoms. The molecule has 3 aliphatic carbocycles. The minimum atomic E-state index is -0.0544. The Bertz CT molecular complexity index is 326. The predicted molar refractivity (Wildman–Crippen MR) is 59.3 cm³/mol. The van der Waals surface area contributed by atoms with E-state index in [1.54, 1.807) is 0 Å². The maximum Gasteiger partial charge on any atom is 0.0547 e. The molecule has 3 unspecified atom stereocenters. The molecule has 0 saturated heterocycles. The van der Waals surface area contributed by atoms with E-state index in [2.05, 4.69) is 16.9 Å². The van der Waals surface area contributed by atoms with Gasteiger partial charge in [-0.2, -0.15) is 0 Å². The van der Waals surface area contributed by atoms with Crippen LogP contribution in [0.1, 0.15) is 51.9 Å². The van der Waals surface area contributed by atoms with Crippen molar-refractivity contribution in [2.45, 2.75) is 57.4 Å². The molecule has 3 atom stereocenters. The van der Waals surface area contributed by atoms with Crippen molar-refractivity contribution in [3.63, 3.8) is 0 Å². The van der Waals surface area contributed by atoms with E-state index < -0.39 is 0 Å². The lowest BCUT2D eigenvalue weighted by molar-refractivity contribution is 0.0680. The van der Waals surface area contributed by atoms with Crippen LogP contribution in [0.5, 0.6) is 0 Å². The monoisotopic (exact) mass is 205 g/mol. The van der Waals surface area contributed by atoms with Gasteiger partial charge in [0.25, 0.3) is 0 Å². The average molecular weight is 205 g/mol. The fourth-order valence-electron chi connectivity index (χ4n) is 5.01. The Labute approximate surface area is 90.9 Å². The average Bonchev–Trinajstić information content (AvgIpc) is 2.90.